The maximum Gasteiger partial charge on any atom is 0.185 e. The van der Waals surface area contributed by atoms with Crippen LogP contribution in [0.5, 0.6) is 0 Å². The van der Waals surface area contributed by atoms with E-state index < -0.39 is 0 Å². The first-order chi connectivity index (χ1) is 9.13. The summed E-state index contributed by atoms with van der Waals surface area (Å²) in [6, 6.07) is 0. The van der Waals surface area contributed by atoms with Gasteiger partial charge in [0.15, 0.2) is 5.12 Å². The van der Waals surface area contributed by atoms with Gasteiger partial charge in [-0.25, -0.2) is 0 Å². The van der Waals surface area contributed by atoms with E-state index in [1.54, 1.807) is 0 Å². The second-order valence-corrected chi connectivity index (χ2v) is 6.71. The minimum Gasteiger partial charge on any atom is -0.288 e. The van der Waals surface area contributed by atoms with Crippen LogP contribution in [0.3, 0.4) is 0 Å². The van der Waals surface area contributed by atoms with Crippen LogP contribution in [-0.2, 0) is 4.79 Å². The molecule has 0 amide bonds. The number of unbranched alkanes of at least 4 members (excludes halogenated alkanes) is 10. The highest BCUT2D eigenvalue weighted by Crippen LogP contribution is 2.14. The van der Waals surface area contributed by atoms with Crippen molar-refractivity contribution >= 4 is 17.7 Å². The number of hydrogen-bond acceptors (Lipinski definition) is 1. The Bertz CT molecular complexity index is 201. The molecule has 1 nitrogen and oxygen atoms in total. The Hall–Kier alpha value is 0.0200. The molecule has 0 heterocycles. The Kier molecular flexibility index (Phi) is 14.4. The monoisotopic (exact) mass is 286 g/mol. The quantitative estimate of drug-likeness (QED) is 0.298. The maximum atomic E-state index is 10.6. The lowest BCUT2D eigenvalue weighted by Gasteiger charge is -2.04. The zero-order valence-corrected chi connectivity index (χ0v) is 14.0. The highest BCUT2D eigenvalue weighted by atomic mass is 32.1. The van der Waals surface area contributed by atoms with Gasteiger partial charge < -0.3 is 0 Å². The molecule has 0 spiro atoms. The maximum absolute atomic E-state index is 10.6. The van der Waals surface area contributed by atoms with Crippen LogP contribution in [0.25, 0.3) is 0 Å². The second kappa shape index (κ2) is 14.4. The molecule has 114 valence electrons. The van der Waals surface area contributed by atoms with E-state index >= 15 is 0 Å². The van der Waals surface area contributed by atoms with Crippen LogP contribution in [0.15, 0.2) is 0 Å². The minimum absolute atomic E-state index is 0.0393. The van der Waals surface area contributed by atoms with Gasteiger partial charge in [-0.3, -0.25) is 4.79 Å². The molecule has 0 aliphatic rings. The lowest BCUT2D eigenvalue weighted by molar-refractivity contribution is -0.110. The zero-order chi connectivity index (χ0) is 14.3. The van der Waals surface area contributed by atoms with Crippen molar-refractivity contribution in [3.8, 4) is 0 Å². The van der Waals surface area contributed by atoms with Crippen molar-refractivity contribution in [1.29, 1.82) is 0 Å². The van der Waals surface area contributed by atoms with Crippen LogP contribution in [-0.4, -0.2) is 5.12 Å². The third kappa shape index (κ3) is 18.0. The fourth-order valence-corrected chi connectivity index (χ4v) is 2.58. The molecule has 0 atom stereocenters. The molecule has 0 bridgehead atoms. The summed E-state index contributed by atoms with van der Waals surface area (Å²) in [4.78, 5) is 10.6. The van der Waals surface area contributed by atoms with Crippen molar-refractivity contribution in [2.45, 2.75) is 97.3 Å². The van der Waals surface area contributed by atoms with Crippen molar-refractivity contribution < 1.29 is 4.79 Å². The third-order valence-electron chi connectivity index (χ3n) is 3.67. The van der Waals surface area contributed by atoms with Crippen LogP contribution in [0.2, 0.25) is 0 Å². The average Bonchev–Trinajstić information content (AvgIpc) is 2.34. The van der Waals surface area contributed by atoms with Crippen LogP contribution in [0.4, 0.5) is 0 Å². The molecule has 2 heteroatoms. The van der Waals surface area contributed by atoms with Gasteiger partial charge in [-0.2, -0.15) is 0 Å². The van der Waals surface area contributed by atoms with Crippen molar-refractivity contribution in [2.24, 2.45) is 5.92 Å². The Morgan fingerprint density at radius 3 is 1.47 bits per heavy atom. The number of hydrogen-bond donors (Lipinski definition) is 1. The summed E-state index contributed by atoms with van der Waals surface area (Å²) in [7, 11) is 0. The van der Waals surface area contributed by atoms with Crippen molar-refractivity contribution in [1.82, 2.24) is 0 Å². The molecular formula is C17H34OS. The van der Waals surface area contributed by atoms with E-state index in [1.807, 2.05) is 0 Å². The van der Waals surface area contributed by atoms with E-state index in [4.69, 9.17) is 0 Å². The number of thiol groups is 1. The van der Waals surface area contributed by atoms with Gasteiger partial charge in [-0.05, 0) is 12.3 Å². The SMILES string of the molecule is CC(C)CCCCCCCCCCCCCC(=O)S. The third-order valence-corrected chi connectivity index (χ3v) is 3.90. The Labute approximate surface area is 126 Å². The number of rotatable bonds is 14. The summed E-state index contributed by atoms with van der Waals surface area (Å²) in [6.07, 6.45) is 16.8. The van der Waals surface area contributed by atoms with Crippen molar-refractivity contribution in [3.63, 3.8) is 0 Å². The molecule has 0 aromatic heterocycles. The Morgan fingerprint density at radius 1 is 0.737 bits per heavy atom. The van der Waals surface area contributed by atoms with Crippen LogP contribution in [0.1, 0.15) is 97.3 Å². The Balaban J connectivity index is 2.97. The average molecular weight is 287 g/mol. The van der Waals surface area contributed by atoms with Crippen LogP contribution in [0, 0.1) is 5.92 Å². The molecule has 0 N–H and O–H groups in total. The summed E-state index contributed by atoms with van der Waals surface area (Å²) in [5.41, 5.74) is 0. The van der Waals surface area contributed by atoms with E-state index in [0.29, 0.717) is 6.42 Å². The van der Waals surface area contributed by atoms with Gasteiger partial charge in [-0.1, -0.05) is 84.5 Å². The standard InChI is InChI=1S/C17H34OS/c1-16(2)14-12-10-8-6-4-3-5-7-9-11-13-15-17(18)19/h16H,3-15H2,1-2H3,(H,18,19). The molecule has 0 fully saturated rings. The van der Waals surface area contributed by atoms with Gasteiger partial charge in [0.25, 0.3) is 0 Å². The van der Waals surface area contributed by atoms with E-state index in [1.165, 1.54) is 70.6 Å². The summed E-state index contributed by atoms with van der Waals surface area (Å²) in [5.74, 6) is 0.873. The smallest absolute Gasteiger partial charge is 0.185 e. The lowest BCUT2D eigenvalue weighted by atomic mass is 10.0. The fraction of sp³-hybridized carbons (Fsp3) is 0.941. The topological polar surface area (TPSA) is 17.1 Å². The van der Waals surface area contributed by atoms with Gasteiger partial charge >= 0.3 is 0 Å². The highest BCUT2D eigenvalue weighted by Gasteiger charge is 1.96. The second-order valence-electron chi connectivity index (χ2n) is 6.22. The normalized spacial score (nSPS) is 11.2. The predicted octanol–water partition coefficient (Wildman–Crippen LogP) is 6.17. The first-order valence-electron chi connectivity index (χ1n) is 8.34. The first kappa shape index (κ1) is 19.0. The first-order valence-corrected chi connectivity index (χ1v) is 8.79. The highest BCUT2D eigenvalue weighted by molar-refractivity contribution is 7.96. The molecule has 0 rings (SSSR count). The molecule has 19 heavy (non-hydrogen) atoms. The summed E-state index contributed by atoms with van der Waals surface area (Å²) in [5, 5.41) is 0.0393. The zero-order valence-electron chi connectivity index (χ0n) is 13.1. The fourth-order valence-electron chi connectivity index (χ4n) is 2.42. The van der Waals surface area contributed by atoms with Gasteiger partial charge in [0, 0.05) is 6.42 Å². The van der Waals surface area contributed by atoms with Gasteiger partial charge in [0.1, 0.15) is 0 Å². The summed E-state index contributed by atoms with van der Waals surface area (Å²) >= 11 is 3.78. The van der Waals surface area contributed by atoms with Crippen LogP contribution >= 0.6 is 12.6 Å². The predicted molar refractivity (Wildman–Crippen MR) is 88.9 cm³/mol. The molecule has 0 saturated carbocycles. The van der Waals surface area contributed by atoms with Crippen molar-refractivity contribution in [2.75, 3.05) is 0 Å². The van der Waals surface area contributed by atoms with E-state index in [0.717, 1.165) is 12.3 Å². The number of carbonyl (C=O) groups is 1. The molecule has 0 radical (unpaired) electrons. The molecule has 0 aromatic carbocycles. The largest absolute Gasteiger partial charge is 0.288 e. The molecule has 0 aliphatic carbocycles. The van der Waals surface area contributed by atoms with Gasteiger partial charge in [0.05, 0.1) is 0 Å². The summed E-state index contributed by atoms with van der Waals surface area (Å²) < 4.78 is 0. The van der Waals surface area contributed by atoms with Gasteiger partial charge in [0.2, 0.25) is 0 Å². The molecule has 0 unspecified atom stereocenters. The minimum atomic E-state index is 0.0393. The molecular weight excluding hydrogens is 252 g/mol. The van der Waals surface area contributed by atoms with Crippen molar-refractivity contribution in [3.05, 3.63) is 0 Å². The number of carbonyl (C=O) groups excluding carboxylic acids is 1. The molecule has 0 aromatic rings. The molecule has 0 aliphatic heterocycles. The van der Waals surface area contributed by atoms with Gasteiger partial charge in [-0.15, -0.1) is 12.6 Å². The van der Waals surface area contributed by atoms with Crippen LogP contribution < -0.4 is 0 Å². The lowest BCUT2D eigenvalue weighted by Crippen LogP contribution is -1.88. The summed E-state index contributed by atoms with van der Waals surface area (Å²) in [6.45, 7) is 4.62. The Morgan fingerprint density at radius 2 is 1.11 bits per heavy atom. The molecule has 0 saturated heterocycles. The van der Waals surface area contributed by atoms with E-state index in [9.17, 15) is 4.79 Å². The van der Waals surface area contributed by atoms with E-state index in [2.05, 4.69) is 26.5 Å². The van der Waals surface area contributed by atoms with E-state index in [-0.39, 0.29) is 5.12 Å².